The van der Waals surface area contributed by atoms with Crippen molar-refractivity contribution in [2.75, 3.05) is 64.7 Å². The van der Waals surface area contributed by atoms with Crippen molar-refractivity contribution in [3.8, 4) is 28.4 Å². The van der Waals surface area contributed by atoms with Crippen molar-refractivity contribution in [1.82, 2.24) is 0 Å². The number of morpholine rings is 1. The van der Waals surface area contributed by atoms with Crippen LogP contribution in [0.4, 0.5) is 5.69 Å². The Kier molecular flexibility index (Phi) is 13.9. The summed E-state index contributed by atoms with van der Waals surface area (Å²) in [6, 6.07) is 32.4. The van der Waals surface area contributed by atoms with Crippen LogP contribution in [0.1, 0.15) is 114 Å². The van der Waals surface area contributed by atoms with Gasteiger partial charge >= 0.3 is 11.9 Å². The molecule has 5 aromatic carbocycles. The van der Waals surface area contributed by atoms with Crippen LogP contribution in [0.15, 0.2) is 97.1 Å². The maximum atomic E-state index is 12.5. The van der Waals surface area contributed by atoms with E-state index in [-0.39, 0.29) is 48.4 Å². The second-order valence-corrected chi connectivity index (χ2v) is 21.0. The van der Waals surface area contributed by atoms with E-state index in [0.29, 0.717) is 32.2 Å². The lowest BCUT2D eigenvalue weighted by molar-refractivity contribution is -0.155. The molecule has 1 spiro atoms. The molecule has 2 fully saturated rings. The predicted molar refractivity (Wildman–Crippen MR) is 271 cm³/mol. The van der Waals surface area contributed by atoms with E-state index in [1.165, 1.54) is 22.3 Å². The van der Waals surface area contributed by atoms with Crippen molar-refractivity contribution in [2.24, 2.45) is 10.8 Å². The molecule has 364 valence electrons. The Morgan fingerprint density at radius 3 is 2.16 bits per heavy atom. The van der Waals surface area contributed by atoms with Crippen LogP contribution in [0, 0.1) is 10.8 Å². The van der Waals surface area contributed by atoms with Crippen LogP contribution >= 0.6 is 0 Å². The molecule has 0 bridgehead atoms. The van der Waals surface area contributed by atoms with Gasteiger partial charge in [-0.05, 0) is 120 Å². The Balaban J connectivity index is 1.02. The zero-order valence-corrected chi connectivity index (χ0v) is 41.6. The minimum absolute atomic E-state index is 0.0416. The summed E-state index contributed by atoms with van der Waals surface area (Å²) >= 11 is 0. The lowest BCUT2D eigenvalue weighted by atomic mass is 9.52. The van der Waals surface area contributed by atoms with Gasteiger partial charge < -0.3 is 38.1 Å². The SMILES string of the molecule is CCCCOCC(C)OC(=O)CCC(=O)OCCOc1ccc(C2(c3ccc(N4CCOCC4)cc3)C=Cc3c4c(c5ccc(OC)cc5c3O2)-c2ccccc2C42CC(C)(C)CC(C)(C)C2)cc1. The van der Waals surface area contributed by atoms with Gasteiger partial charge in [0, 0.05) is 52.9 Å². The van der Waals surface area contributed by atoms with Crippen molar-refractivity contribution >= 4 is 34.5 Å². The number of carbonyl (C=O) groups is 2. The van der Waals surface area contributed by atoms with Gasteiger partial charge in [-0.25, -0.2) is 0 Å². The van der Waals surface area contributed by atoms with Crippen LogP contribution in [0.25, 0.3) is 28.0 Å². The third kappa shape index (κ3) is 9.85. The quantitative estimate of drug-likeness (QED) is 0.0661. The molecule has 2 unspecified atom stereocenters. The molecule has 2 aliphatic carbocycles. The van der Waals surface area contributed by atoms with E-state index >= 15 is 0 Å². The number of anilines is 1. The number of unbranched alkanes of at least 4 members (excludes halogenated alkanes) is 1. The molecule has 4 aliphatic rings. The molecule has 0 radical (unpaired) electrons. The smallest absolute Gasteiger partial charge is 0.306 e. The highest BCUT2D eigenvalue weighted by Gasteiger charge is 2.55. The fourth-order valence-corrected chi connectivity index (χ4v) is 12.2. The molecule has 2 aliphatic heterocycles. The first-order valence-corrected chi connectivity index (χ1v) is 25.0. The van der Waals surface area contributed by atoms with Gasteiger partial charge in [-0.3, -0.25) is 9.59 Å². The average Bonchev–Trinajstić information content (AvgIpc) is 3.60. The lowest BCUT2D eigenvalue weighted by Gasteiger charge is -2.52. The van der Waals surface area contributed by atoms with Crippen LogP contribution in [0.3, 0.4) is 0 Å². The Labute approximate surface area is 408 Å². The molecule has 5 aromatic rings. The molecule has 0 amide bonds. The summed E-state index contributed by atoms with van der Waals surface area (Å²) in [6.07, 6.45) is 9.31. The number of hydrogen-bond donors (Lipinski definition) is 0. The largest absolute Gasteiger partial charge is 0.497 e. The van der Waals surface area contributed by atoms with Crippen molar-refractivity contribution < 1.29 is 42.7 Å². The second kappa shape index (κ2) is 19.9. The maximum absolute atomic E-state index is 12.5. The van der Waals surface area contributed by atoms with Crippen LogP contribution in [-0.4, -0.2) is 77.9 Å². The first-order valence-electron chi connectivity index (χ1n) is 25.0. The summed E-state index contributed by atoms with van der Waals surface area (Å²) in [5.41, 5.74) is 8.57. The minimum Gasteiger partial charge on any atom is -0.497 e. The van der Waals surface area contributed by atoms with Crippen molar-refractivity contribution in [1.29, 1.82) is 0 Å². The minimum atomic E-state index is -1.01. The van der Waals surface area contributed by atoms with E-state index in [9.17, 15) is 9.59 Å². The number of nitrogens with zero attached hydrogens (tertiary/aromatic N) is 1. The van der Waals surface area contributed by atoms with Gasteiger partial charge in [-0.2, -0.15) is 0 Å². The van der Waals surface area contributed by atoms with Gasteiger partial charge in [0.25, 0.3) is 0 Å². The monoisotopic (exact) mass is 935 g/mol. The average molecular weight is 936 g/mol. The first kappa shape index (κ1) is 48.2. The topological polar surface area (TPSA) is 102 Å². The summed E-state index contributed by atoms with van der Waals surface area (Å²) in [5.74, 6) is 1.30. The van der Waals surface area contributed by atoms with E-state index in [4.69, 9.17) is 33.2 Å². The molecule has 0 N–H and O–H groups in total. The third-order valence-corrected chi connectivity index (χ3v) is 14.4. The van der Waals surface area contributed by atoms with Gasteiger partial charge in [-0.1, -0.05) is 95.6 Å². The highest BCUT2D eigenvalue weighted by atomic mass is 16.6. The number of fused-ring (bicyclic) bond motifs is 10. The molecule has 2 atom stereocenters. The maximum Gasteiger partial charge on any atom is 0.306 e. The van der Waals surface area contributed by atoms with Gasteiger partial charge in [0.15, 0.2) is 5.60 Å². The fourth-order valence-electron chi connectivity index (χ4n) is 12.2. The molecule has 1 saturated heterocycles. The third-order valence-electron chi connectivity index (χ3n) is 14.4. The summed E-state index contributed by atoms with van der Waals surface area (Å²) in [7, 11) is 1.72. The number of ether oxygens (including phenoxy) is 7. The normalized spacial score (nSPS) is 19.8. The number of hydrogen-bond acceptors (Lipinski definition) is 10. The molecule has 69 heavy (non-hydrogen) atoms. The predicted octanol–water partition coefficient (Wildman–Crippen LogP) is 12.0. The highest BCUT2D eigenvalue weighted by molar-refractivity contribution is 6.09. The number of rotatable bonds is 17. The summed E-state index contributed by atoms with van der Waals surface area (Å²) in [5, 5.41) is 2.17. The molecular weight excluding hydrogens is 867 g/mol. The molecule has 9 rings (SSSR count). The lowest BCUT2D eigenvalue weighted by Crippen LogP contribution is -2.44. The van der Waals surface area contributed by atoms with Crippen LogP contribution in [0.2, 0.25) is 0 Å². The summed E-state index contributed by atoms with van der Waals surface area (Å²) in [4.78, 5) is 27.2. The number of esters is 2. The molecule has 1 saturated carbocycles. The zero-order valence-electron chi connectivity index (χ0n) is 41.6. The first-order chi connectivity index (χ1) is 33.2. The second-order valence-electron chi connectivity index (χ2n) is 21.0. The van der Waals surface area contributed by atoms with Crippen molar-refractivity contribution in [2.45, 2.75) is 104 Å². The van der Waals surface area contributed by atoms with Gasteiger partial charge in [0.05, 0.1) is 39.8 Å². The van der Waals surface area contributed by atoms with Crippen molar-refractivity contribution in [3.63, 3.8) is 0 Å². The van der Waals surface area contributed by atoms with Gasteiger partial charge in [-0.15, -0.1) is 0 Å². The Hall–Kier alpha value is -5.84. The van der Waals surface area contributed by atoms with E-state index < -0.39 is 17.5 Å². The summed E-state index contributed by atoms with van der Waals surface area (Å²) < 4.78 is 41.8. The molecule has 2 heterocycles. The van der Waals surface area contributed by atoms with E-state index in [0.717, 1.165) is 89.8 Å². The molecule has 10 heteroatoms. The van der Waals surface area contributed by atoms with Crippen LogP contribution < -0.4 is 19.1 Å². The van der Waals surface area contributed by atoms with E-state index in [1.807, 2.05) is 12.1 Å². The van der Waals surface area contributed by atoms with Gasteiger partial charge in [0.2, 0.25) is 0 Å². The number of carbonyl (C=O) groups excluding carboxylic acids is 2. The van der Waals surface area contributed by atoms with Crippen LogP contribution in [0.5, 0.6) is 17.2 Å². The van der Waals surface area contributed by atoms with Gasteiger partial charge in [0.1, 0.15) is 36.6 Å². The van der Waals surface area contributed by atoms with E-state index in [2.05, 4.69) is 131 Å². The molecule has 0 aromatic heterocycles. The standard InChI is InChI=1S/C59H69NO9/c1-8-9-30-65-36-40(2)68-52(62)25-24-51(61)67-34-33-66-44-20-16-42(17-21-44)59(41-14-18-43(19-15-41)60-28-31-64-32-29-60)27-26-48-54-53(46-23-22-45(63-7)35-49(46)55(48)69-59)47-12-10-11-13-50(47)58(54)38-56(3,4)37-57(5,6)39-58/h10-23,26-27,35,40H,8-9,24-25,28-34,36-39H2,1-7H3. The number of benzene rings is 5. The fraction of sp³-hybridized carbons (Fsp3) is 0.458. The highest BCUT2D eigenvalue weighted by Crippen LogP contribution is 2.67. The molecular formula is C59H69NO9. The van der Waals surface area contributed by atoms with E-state index in [1.54, 1.807) is 14.0 Å². The Bertz CT molecular complexity index is 2660. The Morgan fingerprint density at radius 2 is 1.45 bits per heavy atom. The molecule has 10 nitrogen and oxygen atoms in total. The summed E-state index contributed by atoms with van der Waals surface area (Å²) in [6.45, 7) is 17.9. The Morgan fingerprint density at radius 1 is 0.768 bits per heavy atom. The number of methoxy groups -OCH3 is 1. The van der Waals surface area contributed by atoms with Crippen molar-refractivity contribution in [3.05, 3.63) is 125 Å². The van der Waals surface area contributed by atoms with Crippen LogP contribution in [-0.2, 0) is 39.6 Å². The zero-order chi connectivity index (χ0) is 48.4.